The lowest BCUT2D eigenvalue weighted by atomic mass is 10.2. The quantitative estimate of drug-likeness (QED) is 0.566. The van der Waals surface area contributed by atoms with Crippen molar-refractivity contribution < 1.29 is 22.1 Å². The van der Waals surface area contributed by atoms with Crippen molar-refractivity contribution in [1.29, 1.82) is 0 Å². The highest BCUT2D eigenvalue weighted by atomic mass is 32.2. The number of carbonyl (C=O) groups is 1. The van der Waals surface area contributed by atoms with E-state index in [0.717, 1.165) is 5.56 Å². The first-order valence-electron chi connectivity index (χ1n) is 6.08. The topological polar surface area (TPSA) is 69.7 Å². The zero-order valence-electron chi connectivity index (χ0n) is 11.1. The fourth-order valence-corrected chi connectivity index (χ4v) is 2.50. The van der Waals surface area contributed by atoms with Gasteiger partial charge in [0.1, 0.15) is 5.75 Å². The summed E-state index contributed by atoms with van der Waals surface area (Å²) in [5, 5.41) is 0. The molecule has 1 aromatic rings. The third kappa shape index (κ3) is 5.74. The van der Waals surface area contributed by atoms with Crippen molar-refractivity contribution in [3.63, 3.8) is 0 Å². The first-order chi connectivity index (χ1) is 8.94. The van der Waals surface area contributed by atoms with Crippen molar-refractivity contribution in [2.75, 3.05) is 12.4 Å². The molecule has 5 nitrogen and oxygen atoms in total. The van der Waals surface area contributed by atoms with Gasteiger partial charge in [-0.15, -0.1) is 0 Å². The van der Waals surface area contributed by atoms with Crippen LogP contribution in [-0.2, 0) is 19.6 Å². The number of aryl methyl sites for hydroxylation is 1. The first kappa shape index (κ1) is 15.5. The second-order valence-corrected chi connectivity index (χ2v) is 5.71. The Morgan fingerprint density at radius 1 is 1.26 bits per heavy atom. The third-order valence-corrected chi connectivity index (χ3v) is 3.61. The van der Waals surface area contributed by atoms with E-state index in [1.54, 1.807) is 38.1 Å². The van der Waals surface area contributed by atoms with Gasteiger partial charge in [0.25, 0.3) is 0 Å². The van der Waals surface area contributed by atoms with Crippen molar-refractivity contribution in [2.24, 2.45) is 0 Å². The maximum absolute atomic E-state index is 11.7. The summed E-state index contributed by atoms with van der Waals surface area (Å²) >= 11 is 0. The molecule has 0 radical (unpaired) electrons. The molecule has 0 amide bonds. The molecule has 0 saturated carbocycles. The molecule has 0 aliphatic carbocycles. The summed E-state index contributed by atoms with van der Waals surface area (Å²) in [5.41, 5.74) is 0.747. The summed E-state index contributed by atoms with van der Waals surface area (Å²) in [6.45, 7) is 3.77. The summed E-state index contributed by atoms with van der Waals surface area (Å²) in [6, 6.07) is 6.87. The van der Waals surface area contributed by atoms with Gasteiger partial charge in [-0.25, -0.2) is 0 Å². The predicted molar refractivity (Wildman–Crippen MR) is 71.5 cm³/mol. The highest BCUT2D eigenvalue weighted by Crippen LogP contribution is 2.18. The second kappa shape index (κ2) is 7.13. The number of para-hydroxylation sites is 1. The molecule has 19 heavy (non-hydrogen) atoms. The van der Waals surface area contributed by atoms with Gasteiger partial charge < -0.3 is 8.92 Å². The fourth-order valence-electron chi connectivity index (χ4n) is 1.45. The molecule has 0 unspecified atom stereocenters. The molecule has 0 bridgehead atoms. The van der Waals surface area contributed by atoms with E-state index in [-0.39, 0.29) is 18.6 Å². The highest BCUT2D eigenvalue weighted by Gasteiger charge is 2.15. The molecule has 0 atom stereocenters. The molecule has 6 heteroatoms. The van der Waals surface area contributed by atoms with E-state index in [4.69, 9.17) is 8.92 Å². The van der Waals surface area contributed by atoms with E-state index in [9.17, 15) is 13.2 Å². The molecule has 0 saturated heterocycles. The van der Waals surface area contributed by atoms with Crippen molar-refractivity contribution in [3.05, 3.63) is 29.8 Å². The number of esters is 1. The normalized spacial score (nSPS) is 11.1. The first-order valence-corrected chi connectivity index (χ1v) is 7.66. The summed E-state index contributed by atoms with van der Waals surface area (Å²) in [6.07, 6.45) is 0.261. The van der Waals surface area contributed by atoms with E-state index in [1.165, 1.54) is 0 Å². The molecule has 1 aromatic carbocycles. The smallest absolute Gasteiger partial charge is 0.309 e. The van der Waals surface area contributed by atoms with Crippen LogP contribution >= 0.6 is 0 Å². The van der Waals surface area contributed by atoms with Crippen LogP contribution in [0.1, 0.15) is 25.3 Å². The van der Waals surface area contributed by atoms with Crippen molar-refractivity contribution >= 4 is 16.1 Å². The minimum absolute atomic E-state index is 0.0736. The lowest BCUT2D eigenvalue weighted by molar-refractivity contribution is -0.143. The highest BCUT2D eigenvalue weighted by molar-refractivity contribution is 7.87. The van der Waals surface area contributed by atoms with Gasteiger partial charge in [0.15, 0.2) is 0 Å². The number of ether oxygens (including phenoxy) is 1. The van der Waals surface area contributed by atoms with Gasteiger partial charge in [0.05, 0.1) is 12.4 Å². The Morgan fingerprint density at radius 3 is 2.58 bits per heavy atom. The molecule has 0 aliphatic rings. The second-order valence-electron chi connectivity index (χ2n) is 4.02. The standard InChI is InChI=1S/C13H18O5S/c1-3-17-13(14)9-6-10-19(15,16)18-12-8-5-4-7-11(12)2/h4-5,7-8H,3,6,9-10H2,1-2H3. The van der Waals surface area contributed by atoms with E-state index in [1.807, 2.05) is 0 Å². The molecule has 106 valence electrons. The van der Waals surface area contributed by atoms with Crippen LogP contribution in [0.4, 0.5) is 0 Å². The average Bonchev–Trinajstić information content (AvgIpc) is 2.32. The monoisotopic (exact) mass is 286 g/mol. The van der Waals surface area contributed by atoms with Crippen molar-refractivity contribution in [1.82, 2.24) is 0 Å². The summed E-state index contributed by atoms with van der Waals surface area (Å²) in [4.78, 5) is 11.1. The van der Waals surface area contributed by atoms with E-state index < -0.39 is 16.1 Å². The lowest BCUT2D eigenvalue weighted by Crippen LogP contribution is -2.16. The Hall–Kier alpha value is -1.56. The van der Waals surface area contributed by atoms with Gasteiger partial charge in [-0.05, 0) is 31.9 Å². The fraction of sp³-hybridized carbons (Fsp3) is 0.462. The predicted octanol–water partition coefficient (Wildman–Crippen LogP) is 2.05. The number of carbonyl (C=O) groups excluding carboxylic acids is 1. The Balaban J connectivity index is 2.49. The van der Waals surface area contributed by atoms with Crippen LogP contribution in [0, 0.1) is 6.92 Å². The number of hydrogen-bond acceptors (Lipinski definition) is 5. The van der Waals surface area contributed by atoms with Gasteiger partial charge in [-0.1, -0.05) is 18.2 Å². The van der Waals surface area contributed by atoms with E-state index in [2.05, 4.69) is 0 Å². The Labute approximate surface area is 113 Å². The third-order valence-electron chi connectivity index (χ3n) is 2.39. The van der Waals surface area contributed by atoms with Crippen LogP contribution in [0.15, 0.2) is 24.3 Å². The molecule has 0 spiro atoms. The molecule has 0 fully saturated rings. The molecule has 0 N–H and O–H groups in total. The van der Waals surface area contributed by atoms with Crippen LogP contribution in [0.25, 0.3) is 0 Å². The summed E-state index contributed by atoms with van der Waals surface area (Å²) in [5.74, 6) is -0.285. The number of benzene rings is 1. The molecule has 1 rings (SSSR count). The zero-order chi connectivity index (χ0) is 14.3. The van der Waals surface area contributed by atoms with Crippen molar-refractivity contribution in [2.45, 2.75) is 26.7 Å². The lowest BCUT2D eigenvalue weighted by Gasteiger charge is -2.08. The van der Waals surface area contributed by atoms with Gasteiger partial charge >= 0.3 is 16.1 Å². The maximum Gasteiger partial charge on any atom is 0.309 e. The number of rotatable bonds is 7. The van der Waals surface area contributed by atoms with Crippen LogP contribution in [0.3, 0.4) is 0 Å². The van der Waals surface area contributed by atoms with E-state index >= 15 is 0 Å². The summed E-state index contributed by atoms with van der Waals surface area (Å²) in [7, 11) is -3.68. The molecule has 0 heterocycles. The van der Waals surface area contributed by atoms with Crippen LogP contribution in [0.2, 0.25) is 0 Å². The molecule has 0 aliphatic heterocycles. The zero-order valence-corrected chi connectivity index (χ0v) is 11.9. The SMILES string of the molecule is CCOC(=O)CCCS(=O)(=O)Oc1ccccc1C. The summed E-state index contributed by atoms with van der Waals surface area (Å²) < 4.78 is 33.1. The number of hydrogen-bond donors (Lipinski definition) is 0. The van der Waals surface area contributed by atoms with Crippen molar-refractivity contribution in [3.8, 4) is 5.75 Å². The minimum Gasteiger partial charge on any atom is -0.466 e. The molecular weight excluding hydrogens is 268 g/mol. The van der Waals surface area contributed by atoms with Crippen LogP contribution < -0.4 is 4.18 Å². The van der Waals surface area contributed by atoms with Gasteiger partial charge in [0, 0.05) is 6.42 Å². The van der Waals surface area contributed by atoms with E-state index in [0.29, 0.717) is 12.4 Å². The Bertz CT molecular complexity index is 522. The molecule has 0 aromatic heterocycles. The average molecular weight is 286 g/mol. The Morgan fingerprint density at radius 2 is 1.95 bits per heavy atom. The van der Waals surface area contributed by atoms with Gasteiger partial charge in [0.2, 0.25) is 0 Å². The minimum atomic E-state index is -3.68. The largest absolute Gasteiger partial charge is 0.466 e. The van der Waals surface area contributed by atoms with Gasteiger partial charge in [-0.3, -0.25) is 4.79 Å². The maximum atomic E-state index is 11.7. The van der Waals surface area contributed by atoms with Gasteiger partial charge in [-0.2, -0.15) is 8.42 Å². The van der Waals surface area contributed by atoms with Crippen LogP contribution in [0.5, 0.6) is 5.75 Å². The van der Waals surface area contributed by atoms with Crippen LogP contribution in [-0.4, -0.2) is 26.7 Å². The molecular formula is C13H18O5S. The Kier molecular flexibility index (Phi) is 5.82.